The van der Waals surface area contributed by atoms with E-state index in [0.29, 0.717) is 0 Å². The molecule has 0 aliphatic carbocycles. The highest BCUT2D eigenvalue weighted by Gasteiger charge is 2.58. The van der Waals surface area contributed by atoms with Crippen LogP contribution < -0.4 is 13.7 Å². The van der Waals surface area contributed by atoms with E-state index in [1.54, 1.807) is 0 Å². The minimum Gasteiger partial charge on any atom is -0.188 e. The summed E-state index contributed by atoms with van der Waals surface area (Å²) in [4.78, 5) is 0. The van der Waals surface area contributed by atoms with E-state index >= 15 is 0 Å². The Balaban J connectivity index is 1.33. The van der Waals surface area contributed by atoms with Crippen LogP contribution in [0.2, 0.25) is 0 Å². The van der Waals surface area contributed by atoms with Crippen LogP contribution in [-0.2, 0) is 44.1 Å². The predicted octanol–water partition coefficient (Wildman–Crippen LogP) is 8.53. The Morgan fingerprint density at radius 1 is 0.453 bits per heavy atom. The monoisotopic (exact) mass is 682 g/mol. The lowest BCUT2D eigenvalue weighted by Crippen LogP contribution is -2.66. The van der Waals surface area contributed by atoms with Gasteiger partial charge in [0, 0.05) is 64.4 Å². The van der Waals surface area contributed by atoms with Gasteiger partial charge in [0.15, 0.2) is 18.6 Å². The van der Waals surface area contributed by atoms with Gasteiger partial charge in [-0.2, -0.15) is 4.57 Å². The predicted molar refractivity (Wildman–Crippen MR) is 209 cm³/mol. The maximum absolute atomic E-state index is 2.74. The SMILES string of the molecule is Cc1ccccc1-c1ccc2c[n+]1C1C3=C4c5ccccc5-c5ccc6c[n+]5C4(Cc4cc(cc(c4)CC6)CCc4ccc([n+]1c4)-c1ccccc13)C2. The molecular formula is C50H40N3+3. The molecule has 0 amide bonds. The van der Waals surface area contributed by atoms with Crippen molar-refractivity contribution in [2.75, 3.05) is 0 Å². The number of rotatable bonds is 1. The topological polar surface area (TPSA) is 11.6 Å². The summed E-state index contributed by atoms with van der Waals surface area (Å²) >= 11 is 0. The third-order valence-corrected chi connectivity index (χ3v) is 13.0. The van der Waals surface area contributed by atoms with Crippen molar-refractivity contribution in [1.82, 2.24) is 0 Å². The Morgan fingerprint density at radius 3 is 1.70 bits per heavy atom. The zero-order chi connectivity index (χ0) is 34.8. The second-order valence-electron chi connectivity index (χ2n) is 16.1. The summed E-state index contributed by atoms with van der Waals surface area (Å²) < 4.78 is 8.01. The van der Waals surface area contributed by atoms with Gasteiger partial charge in [0.2, 0.25) is 22.6 Å². The number of pyridine rings is 3. The van der Waals surface area contributed by atoms with Crippen molar-refractivity contribution in [3.8, 4) is 33.8 Å². The van der Waals surface area contributed by atoms with Gasteiger partial charge in [0.05, 0.1) is 11.1 Å². The van der Waals surface area contributed by atoms with Crippen molar-refractivity contribution in [2.45, 2.75) is 57.2 Å². The Hall–Kier alpha value is -5.93. The Morgan fingerprint density at radius 2 is 0.962 bits per heavy atom. The largest absolute Gasteiger partial charge is 0.381 e. The van der Waals surface area contributed by atoms with Gasteiger partial charge < -0.3 is 0 Å². The minimum atomic E-state index is -0.375. The smallest absolute Gasteiger partial charge is 0.188 e. The number of fused-ring (bicyclic) bond motifs is 10. The maximum atomic E-state index is 2.74. The van der Waals surface area contributed by atoms with E-state index in [1.165, 1.54) is 95.0 Å². The van der Waals surface area contributed by atoms with Crippen molar-refractivity contribution in [1.29, 1.82) is 0 Å². The number of allylic oxidation sites excluding steroid dienone is 2. The summed E-state index contributed by atoms with van der Waals surface area (Å²) in [6.07, 6.45) is 13.4. The van der Waals surface area contributed by atoms with Gasteiger partial charge in [-0.25, -0.2) is 0 Å². The molecule has 252 valence electrons. The number of hydrogen-bond donors (Lipinski definition) is 0. The van der Waals surface area contributed by atoms with Crippen LogP contribution in [0, 0.1) is 6.92 Å². The lowest BCUT2D eigenvalue weighted by molar-refractivity contribution is -0.920. The fraction of sp³-hybridized carbons (Fsp3) is 0.180. The van der Waals surface area contributed by atoms with E-state index in [9.17, 15) is 0 Å². The first kappa shape index (κ1) is 29.6. The van der Waals surface area contributed by atoms with Crippen LogP contribution in [-0.4, -0.2) is 0 Å². The van der Waals surface area contributed by atoms with E-state index in [0.717, 1.165) is 38.5 Å². The summed E-state index contributed by atoms with van der Waals surface area (Å²) in [5.41, 5.74) is 22.8. The standard InChI is InChI=1S/C50H40N3/c1-32-8-2-3-9-39(32)44-22-20-37-27-50-28-38-25-35-16-14-33-18-21-45-40-10-4-6-12-42(40)47(49(51(45)29-33)52(44)30-37)48(50)43-13-7-5-11-41(43)46-23-19-34(31-53(46)50)15-17-36(24-35)26-38/h2-13,18-26,29-31,49H,14-17,27-28H2,1H3/q+3. The van der Waals surface area contributed by atoms with Crippen molar-refractivity contribution in [3.05, 3.63) is 196 Å². The summed E-state index contributed by atoms with van der Waals surface area (Å²) in [5, 5.41) is 0. The molecule has 0 saturated carbocycles. The third-order valence-electron chi connectivity index (χ3n) is 13.0. The van der Waals surface area contributed by atoms with Crippen LogP contribution in [0.25, 0.3) is 44.9 Å². The number of aromatic nitrogens is 3. The van der Waals surface area contributed by atoms with E-state index in [4.69, 9.17) is 0 Å². The van der Waals surface area contributed by atoms with Gasteiger partial charge in [-0.3, -0.25) is 0 Å². The van der Waals surface area contributed by atoms with E-state index < -0.39 is 0 Å². The van der Waals surface area contributed by atoms with Crippen LogP contribution in [0.4, 0.5) is 0 Å². The molecule has 5 aliphatic rings. The van der Waals surface area contributed by atoms with E-state index in [2.05, 4.69) is 167 Å². The second kappa shape index (κ2) is 10.8. The van der Waals surface area contributed by atoms with Crippen LogP contribution in [0.15, 0.2) is 146 Å². The van der Waals surface area contributed by atoms with Crippen molar-refractivity contribution in [3.63, 3.8) is 0 Å². The van der Waals surface area contributed by atoms with Crippen LogP contribution >= 0.6 is 0 Å². The highest BCUT2D eigenvalue weighted by molar-refractivity contribution is 6.02. The fourth-order valence-electron chi connectivity index (χ4n) is 10.7. The highest BCUT2D eigenvalue weighted by Crippen LogP contribution is 2.53. The number of nitrogens with zero attached hydrogens (tertiary/aromatic N) is 3. The molecule has 2 unspecified atom stereocenters. The first-order valence-corrected chi connectivity index (χ1v) is 19.4. The van der Waals surface area contributed by atoms with E-state index in [1.807, 2.05) is 0 Å². The zero-order valence-electron chi connectivity index (χ0n) is 30.0. The molecule has 0 radical (unpaired) electrons. The highest BCUT2D eigenvalue weighted by atomic mass is 15.2. The van der Waals surface area contributed by atoms with Gasteiger partial charge in [0.25, 0.3) is 0 Å². The molecule has 4 aromatic carbocycles. The van der Waals surface area contributed by atoms with Gasteiger partial charge in [-0.15, -0.1) is 9.13 Å². The lowest BCUT2D eigenvalue weighted by Gasteiger charge is -2.40. The fourth-order valence-corrected chi connectivity index (χ4v) is 10.7. The maximum Gasteiger partial charge on any atom is 0.381 e. The molecule has 8 heterocycles. The van der Waals surface area contributed by atoms with Crippen LogP contribution in [0.3, 0.4) is 0 Å². The van der Waals surface area contributed by atoms with Crippen molar-refractivity contribution >= 4 is 11.1 Å². The second-order valence-corrected chi connectivity index (χ2v) is 16.1. The molecule has 1 spiro atoms. The van der Waals surface area contributed by atoms with Gasteiger partial charge >= 0.3 is 6.17 Å². The van der Waals surface area contributed by atoms with Gasteiger partial charge in [-0.05, 0) is 96.8 Å². The zero-order valence-corrected chi connectivity index (χ0v) is 30.0. The Kier molecular flexibility index (Phi) is 6.04. The lowest BCUT2D eigenvalue weighted by atomic mass is 9.67. The minimum absolute atomic E-state index is 0.102. The first-order valence-electron chi connectivity index (χ1n) is 19.4. The van der Waals surface area contributed by atoms with Gasteiger partial charge in [0.1, 0.15) is 5.57 Å². The Labute approximate surface area is 310 Å². The molecule has 3 aromatic heterocycles. The molecule has 53 heavy (non-hydrogen) atoms. The molecule has 0 saturated heterocycles. The summed E-state index contributed by atoms with van der Waals surface area (Å²) in [6, 6.07) is 49.5. The molecule has 3 nitrogen and oxygen atoms in total. The molecule has 0 N–H and O–H groups in total. The average Bonchev–Trinajstić information content (AvgIpc) is 3.18. The summed E-state index contributed by atoms with van der Waals surface area (Å²) in [5.74, 6) is 0. The van der Waals surface area contributed by atoms with Gasteiger partial charge in [-0.1, -0.05) is 72.8 Å². The Bertz CT molecular complexity index is 2770. The third kappa shape index (κ3) is 4.19. The number of benzene rings is 4. The molecular weight excluding hydrogens is 643 g/mol. The normalized spacial score (nSPS) is 19.5. The van der Waals surface area contributed by atoms with Crippen LogP contribution in [0.1, 0.15) is 56.2 Å². The average molecular weight is 683 g/mol. The molecule has 2 atom stereocenters. The summed E-state index contributed by atoms with van der Waals surface area (Å²) in [7, 11) is 0. The molecule has 3 heteroatoms. The molecule has 0 fully saturated rings. The van der Waals surface area contributed by atoms with Crippen molar-refractivity contribution in [2.24, 2.45) is 0 Å². The first-order chi connectivity index (χ1) is 26.1. The molecule has 5 aliphatic heterocycles. The van der Waals surface area contributed by atoms with Crippen LogP contribution in [0.5, 0.6) is 0 Å². The quantitative estimate of drug-likeness (QED) is 0.154. The molecule has 12 rings (SSSR count). The summed E-state index contributed by atoms with van der Waals surface area (Å²) in [6.45, 7) is 2.25. The molecule has 12 bridgehead atoms. The van der Waals surface area contributed by atoms with Crippen molar-refractivity contribution < 1.29 is 13.7 Å². The number of hydrogen-bond acceptors (Lipinski definition) is 0. The molecule has 7 aromatic rings. The number of aryl methyl sites for hydroxylation is 5. The van der Waals surface area contributed by atoms with E-state index in [-0.39, 0.29) is 11.7 Å².